The summed E-state index contributed by atoms with van der Waals surface area (Å²) in [5.41, 5.74) is 2.95. The van der Waals surface area contributed by atoms with Gasteiger partial charge in [0.05, 0.1) is 25.4 Å². The Morgan fingerprint density at radius 1 is 1.29 bits per heavy atom. The molecule has 3 rings (SSSR count). The van der Waals surface area contributed by atoms with E-state index >= 15 is 0 Å². The van der Waals surface area contributed by atoms with Gasteiger partial charge in [0.1, 0.15) is 0 Å². The lowest BCUT2D eigenvalue weighted by atomic mass is 10.1. The van der Waals surface area contributed by atoms with Crippen molar-refractivity contribution in [3.8, 4) is 0 Å². The van der Waals surface area contributed by atoms with Crippen LogP contribution in [-0.2, 0) is 16.0 Å². The minimum atomic E-state index is -0.303. The number of methoxy groups -OCH3 is 1. The Morgan fingerprint density at radius 2 is 2.08 bits per heavy atom. The van der Waals surface area contributed by atoms with Crippen LogP contribution in [0.15, 0.2) is 53.0 Å². The molecule has 0 radical (unpaired) electrons. The van der Waals surface area contributed by atoms with Gasteiger partial charge in [-0.3, -0.25) is 4.90 Å². The Bertz CT molecular complexity index is 702. The molecule has 1 heterocycles. The molecular weight excluding hydrogens is 370 g/mol. The van der Waals surface area contributed by atoms with Crippen LogP contribution in [0.25, 0.3) is 0 Å². The molecule has 0 bridgehead atoms. The highest BCUT2D eigenvalue weighted by Crippen LogP contribution is 2.25. The Morgan fingerprint density at radius 3 is 2.79 bits per heavy atom. The molecule has 24 heavy (non-hydrogen) atoms. The summed E-state index contributed by atoms with van der Waals surface area (Å²) in [6.07, 6.45) is 0.0885. The normalized spacial score (nSPS) is 18.3. The van der Waals surface area contributed by atoms with Crippen LogP contribution in [-0.4, -0.2) is 37.7 Å². The lowest BCUT2D eigenvalue weighted by Gasteiger charge is -2.33. The standard InChI is InChI=1S/C19H20BrNO3/c1-23-19(22)15-7-5-14(6-8-15)12-21-9-10-24-18(13-21)16-3-2-4-17(20)11-16/h2-8,11,18H,9-10,12-13H2,1H3. The molecule has 0 amide bonds. The molecule has 4 nitrogen and oxygen atoms in total. The first-order chi connectivity index (χ1) is 11.7. The summed E-state index contributed by atoms with van der Waals surface area (Å²) in [5.74, 6) is -0.303. The fourth-order valence-corrected chi connectivity index (χ4v) is 3.29. The average Bonchev–Trinajstić information content (AvgIpc) is 2.62. The largest absolute Gasteiger partial charge is 0.465 e. The molecule has 0 spiro atoms. The van der Waals surface area contributed by atoms with Crippen molar-refractivity contribution >= 4 is 21.9 Å². The summed E-state index contributed by atoms with van der Waals surface area (Å²) in [6, 6.07) is 15.9. The monoisotopic (exact) mass is 389 g/mol. The second-order valence-corrected chi connectivity index (χ2v) is 6.75. The number of rotatable bonds is 4. The molecule has 1 aliphatic heterocycles. The highest BCUT2D eigenvalue weighted by Gasteiger charge is 2.22. The van der Waals surface area contributed by atoms with E-state index in [0.717, 1.165) is 30.7 Å². The van der Waals surface area contributed by atoms with Crippen LogP contribution in [0, 0.1) is 0 Å². The van der Waals surface area contributed by atoms with Crippen molar-refractivity contribution in [2.45, 2.75) is 12.6 Å². The molecule has 0 aliphatic carbocycles. The van der Waals surface area contributed by atoms with E-state index in [2.05, 4.69) is 33.0 Å². The fraction of sp³-hybridized carbons (Fsp3) is 0.316. The van der Waals surface area contributed by atoms with Crippen LogP contribution in [0.4, 0.5) is 0 Å². The molecule has 126 valence electrons. The summed E-state index contributed by atoms with van der Waals surface area (Å²) in [4.78, 5) is 13.9. The van der Waals surface area contributed by atoms with E-state index in [1.807, 2.05) is 36.4 Å². The Balaban J connectivity index is 1.64. The average molecular weight is 390 g/mol. The van der Waals surface area contributed by atoms with Crippen LogP contribution < -0.4 is 0 Å². The van der Waals surface area contributed by atoms with Gasteiger partial charge in [-0.25, -0.2) is 4.79 Å². The number of nitrogens with zero attached hydrogens (tertiary/aromatic N) is 1. The molecule has 2 aromatic rings. The highest BCUT2D eigenvalue weighted by molar-refractivity contribution is 9.10. The van der Waals surface area contributed by atoms with Crippen molar-refractivity contribution in [2.24, 2.45) is 0 Å². The van der Waals surface area contributed by atoms with Crippen LogP contribution in [0.5, 0.6) is 0 Å². The number of hydrogen-bond acceptors (Lipinski definition) is 4. The van der Waals surface area contributed by atoms with Gasteiger partial charge in [0.15, 0.2) is 0 Å². The fourth-order valence-electron chi connectivity index (χ4n) is 2.88. The lowest BCUT2D eigenvalue weighted by molar-refractivity contribution is -0.0329. The second kappa shape index (κ2) is 7.92. The molecule has 1 fully saturated rings. The predicted molar refractivity (Wildman–Crippen MR) is 95.9 cm³/mol. The first kappa shape index (κ1) is 17.1. The number of esters is 1. The topological polar surface area (TPSA) is 38.8 Å². The summed E-state index contributed by atoms with van der Waals surface area (Å²) in [6.45, 7) is 3.32. The van der Waals surface area contributed by atoms with Crippen LogP contribution in [0.3, 0.4) is 0 Å². The number of carbonyl (C=O) groups is 1. The molecule has 0 N–H and O–H groups in total. The van der Waals surface area contributed by atoms with E-state index in [4.69, 9.17) is 9.47 Å². The number of carbonyl (C=O) groups excluding carboxylic acids is 1. The van der Waals surface area contributed by atoms with Gasteiger partial charge in [-0.2, -0.15) is 0 Å². The number of morpholine rings is 1. The van der Waals surface area contributed by atoms with Crippen molar-refractivity contribution in [3.05, 3.63) is 69.7 Å². The van der Waals surface area contributed by atoms with E-state index in [9.17, 15) is 4.79 Å². The number of benzene rings is 2. The smallest absolute Gasteiger partial charge is 0.337 e. The summed E-state index contributed by atoms with van der Waals surface area (Å²) in [7, 11) is 1.39. The number of ether oxygens (including phenoxy) is 2. The maximum atomic E-state index is 11.5. The lowest BCUT2D eigenvalue weighted by Crippen LogP contribution is -2.37. The van der Waals surface area contributed by atoms with Gasteiger partial charge in [-0.05, 0) is 35.4 Å². The zero-order valence-electron chi connectivity index (χ0n) is 13.6. The number of hydrogen-bond donors (Lipinski definition) is 0. The van der Waals surface area contributed by atoms with Gasteiger partial charge in [-0.15, -0.1) is 0 Å². The van der Waals surface area contributed by atoms with Gasteiger partial charge in [-0.1, -0.05) is 40.2 Å². The summed E-state index contributed by atoms with van der Waals surface area (Å²) >= 11 is 3.52. The molecule has 1 saturated heterocycles. The molecule has 2 aromatic carbocycles. The quantitative estimate of drug-likeness (QED) is 0.745. The molecule has 5 heteroatoms. The molecule has 1 unspecified atom stereocenters. The first-order valence-electron chi connectivity index (χ1n) is 7.92. The number of halogens is 1. The Labute approximate surface area is 150 Å². The van der Waals surface area contributed by atoms with Crippen molar-refractivity contribution in [3.63, 3.8) is 0 Å². The third kappa shape index (κ3) is 4.23. The van der Waals surface area contributed by atoms with Crippen molar-refractivity contribution in [1.29, 1.82) is 0 Å². The van der Waals surface area contributed by atoms with E-state index in [-0.39, 0.29) is 12.1 Å². The van der Waals surface area contributed by atoms with Gasteiger partial charge in [0, 0.05) is 24.1 Å². The molecule has 1 atom stereocenters. The van der Waals surface area contributed by atoms with Gasteiger partial charge in [0.2, 0.25) is 0 Å². The Hall–Kier alpha value is -1.69. The second-order valence-electron chi connectivity index (χ2n) is 5.84. The Kier molecular flexibility index (Phi) is 5.66. The van der Waals surface area contributed by atoms with Gasteiger partial charge < -0.3 is 9.47 Å². The SMILES string of the molecule is COC(=O)c1ccc(CN2CCOC(c3cccc(Br)c3)C2)cc1. The molecule has 0 saturated carbocycles. The van der Waals surface area contributed by atoms with E-state index < -0.39 is 0 Å². The highest BCUT2D eigenvalue weighted by atomic mass is 79.9. The summed E-state index contributed by atoms with van der Waals surface area (Å²) < 4.78 is 11.7. The first-order valence-corrected chi connectivity index (χ1v) is 8.71. The van der Waals surface area contributed by atoms with Gasteiger partial charge in [0.25, 0.3) is 0 Å². The minimum absolute atomic E-state index is 0.0885. The zero-order chi connectivity index (χ0) is 16.9. The maximum absolute atomic E-state index is 11.5. The predicted octanol–water partition coefficient (Wildman–Crippen LogP) is 3.81. The van der Waals surface area contributed by atoms with E-state index in [1.54, 1.807) is 0 Å². The van der Waals surface area contributed by atoms with Crippen LogP contribution in [0.1, 0.15) is 27.6 Å². The summed E-state index contributed by atoms with van der Waals surface area (Å²) in [5, 5.41) is 0. The van der Waals surface area contributed by atoms with Crippen molar-refractivity contribution < 1.29 is 14.3 Å². The van der Waals surface area contributed by atoms with Crippen LogP contribution >= 0.6 is 15.9 Å². The third-order valence-corrected chi connectivity index (χ3v) is 4.65. The molecular formula is C19H20BrNO3. The van der Waals surface area contributed by atoms with E-state index in [0.29, 0.717) is 5.56 Å². The van der Waals surface area contributed by atoms with Crippen LogP contribution in [0.2, 0.25) is 0 Å². The van der Waals surface area contributed by atoms with Crippen molar-refractivity contribution in [1.82, 2.24) is 4.90 Å². The maximum Gasteiger partial charge on any atom is 0.337 e. The van der Waals surface area contributed by atoms with Crippen molar-refractivity contribution in [2.75, 3.05) is 26.8 Å². The molecule has 1 aliphatic rings. The van der Waals surface area contributed by atoms with Gasteiger partial charge >= 0.3 is 5.97 Å². The third-order valence-electron chi connectivity index (χ3n) is 4.15. The minimum Gasteiger partial charge on any atom is -0.465 e. The zero-order valence-corrected chi connectivity index (χ0v) is 15.2. The molecule has 0 aromatic heterocycles. The van der Waals surface area contributed by atoms with E-state index in [1.165, 1.54) is 18.2 Å².